The minimum atomic E-state index is -3.11. The highest BCUT2D eigenvalue weighted by Gasteiger charge is 2.13. The summed E-state index contributed by atoms with van der Waals surface area (Å²) in [6, 6.07) is 0. The quantitative estimate of drug-likeness (QED) is 0.522. The van der Waals surface area contributed by atoms with Gasteiger partial charge in [0.2, 0.25) is 10.0 Å². The molecule has 0 aromatic heterocycles. The van der Waals surface area contributed by atoms with Gasteiger partial charge in [-0.2, -0.15) is 0 Å². The van der Waals surface area contributed by atoms with Crippen LogP contribution in [0.5, 0.6) is 0 Å². The van der Waals surface area contributed by atoms with Crippen LogP contribution in [0, 0.1) is 5.92 Å². The number of nitrogens with one attached hydrogen (secondary N) is 1. The van der Waals surface area contributed by atoms with Crippen molar-refractivity contribution in [2.45, 2.75) is 33.1 Å². The van der Waals surface area contributed by atoms with E-state index in [0.717, 1.165) is 19.3 Å². The van der Waals surface area contributed by atoms with Crippen molar-refractivity contribution >= 4 is 21.6 Å². The summed E-state index contributed by atoms with van der Waals surface area (Å²) < 4.78 is 25.4. The zero-order chi connectivity index (χ0) is 11.0. The van der Waals surface area contributed by atoms with Crippen molar-refractivity contribution in [2.75, 3.05) is 18.2 Å². The lowest BCUT2D eigenvalue weighted by molar-refractivity contribution is 0.564. The van der Waals surface area contributed by atoms with Gasteiger partial charge >= 0.3 is 0 Å². The monoisotopic (exact) mass is 241 g/mol. The van der Waals surface area contributed by atoms with Crippen molar-refractivity contribution in [3.63, 3.8) is 0 Å². The minimum absolute atomic E-state index is 0.0142. The molecule has 3 nitrogen and oxygen atoms in total. The lowest BCUT2D eigenvalue weighted by Crippen LogP contribution is -2.30. The molecule has 86 valence electrons. The SMILES string of the molecule is CCCCCNS(=O)(=O)CC(C)CCl. The molecular formula is C9H20ClNO2S. The number of unbranched alkanes of at least 4 members (excludes halogenated alkanes) is 2. The molecule has 1 unspecified atom stereocenters. The summed E-state index contributed by atoms with van der Waals surface area (Å²) in [5.74, 6) is 0.527. The number of hydrogen-bond acceptors (Lipinski definition) is 2. The molecule has 0 heterocycles. The second-order valence-electron chi connectivity index (χ2n) is 3.64. The van der Waals surface area contributed by atoms with Crippen LogP contribution < -0.4 is 4.72 Å². The predicted octanol–water partition coefficient (Wildman–Crippen LogP) is 1.97. The molecule has 0 aromatic carbocycles. The van der Waals surface area contributed by atoms with Crippen molar-refractivity contribution in [3.05, 3.63) is 0 Å². The molecule has 0 aliphatic heterocycles. The van der Waals surface area contributed by atoms with Crippen molar-refractivity contribution in [1.29, 1.82) is 0 Å². The minimum Gasteiger partial charge on any atom is -0.215 e. The molecule has 0 bridgehead atoms. The molecule has 0 aliphatic rings. The van der Waals surface area contributed by atoms with Gasteiger partial charge in [-0.05, 0) is 12.3 Å². The van der Waals surface area contributed by atoms with Gasteiger partial charge in [0.1, 0.15) is 0 Å². The van der Waals surface area contributed by atoms with Crippen LogP contribution in [-0.4, -0.2) is 26.6 Å². The zero-order valence-electron chi connectivity index (χ0n) is 8.92. The first-order chi connectivity index (χ1) is 6.52. The van der Waals surface area contributed by atoms with Gasteiger partial charge in [0.05, 0.1) is 5.75 Å². The lowest BCUT2D eigenvalue weighted by atomic mass is 10.3. The predicted molar refractivity (Wildman–Crippen MR) is 61.2 cm³/mol. The smallest absolute Gasteiger partial charge is 0.211 e. The molecule has 5 heteroatoms. The zero-order valence-corrected chi connectivity index (χ0v) is 10.5. The first kappa shape index (κ1) is 14.2. The number of rotatable bonds is 8. The average molecular weight is 242 g/mol. The van der Waals surface area contributed by atoms with E-state index in [2.05, 4.69) is 11.6 Å². The number of hydrogen-bond donors (Lipinski definition) is 1. The molecule has 0 aliphatic carbocycles. The Bertz CT molecular complexity index is 229. The third-order valence-electron chi connectivity index (χ3n) is 1.87. The molecule has 1 atom stereocenters. The molecule has 0 saturated carbocycles. The van der Waals surface area contributed by atoms with Crippen LogP contribution >= 0.6 is 11.6 Å². The third kappa shape index (κ3) is 7.59. The van der Waals surface area contributed by atoms with E-state index < -0.39 is 10.0 Å². The van der Waals surface area contributed by atoms with E-state index in [1.807, 2.05) is 6.92 Å². The fraction of sp³-hybridized carbons (Fsp3) is 1.00. The molecule has 14 heavy (non-hydrogen) atoms. The Morgan fingerprint density at radius 2 is 2.00 bits per heavy atom. The summed E-state index contributed by atoms with van der Waals surface area (Å²) in [5.41, 5.74) is 0. The van der Waals surface area contributed by atoms with Crippen LogP contribution in [0.1, 0.15) is 33.1 Å². The standard InChI is InChI=1S/C9H20ClNO2S/c1-3-4-5-6-11-14(12,13)8-9(2)7-10/h9,11H,3-8H2,1-2H3. The molecule has 0 spiro atoms. The van der Waals surface area contributed by atoms with Gasteiger partial charge in [-0.1, -0.05) is 26.7 Å². The Kier molecular flexibility index (Phi) is 7.59. The van der Waals surface area contributed by atoms with Crippen LogP contribution in [0.3, 0.4) is 0 Å². The highest BCUT2D eigenvalue weighted by Crippen LogP contribution is 2.02. The topological polar surface area (TPSA) is 46.2 Å². The first-order valence-corrected chi connectivity index (χ1v) is 7.23. The van der Waals surface area contributed by atoms with Gasteiger partial charge < -0.3 is 0 Å². The maximum Gasteiger partial charge on any atom is 0.211 e. The fourth-order valence-electron chi connectivity index (χ4n) is 1.08. The molecular weight excluding hydrogens is 222 g/mol. The van der Waals surface area contributed by atoms with Gasteiger partial charge in [0, 0.05) is 12.4 Å². The van der Waals surface area contributed by atoms with Gasteiger partial charge in [0.15, 0.2) is 0 Å². The summed E-state index contributed by atoms with van der Waals surface area (Å²) in [7, 11) is -3.11. The van der Waals surface area contributed by atoms with E-state index >= 15 is 0 Å². The highest BCUT2D eigenvalue weighted by molar-refractivity contribution is 7.89. The number of halogens is 1. The molecule has 1 N–H and O–H groups in total. The maximum absolute atomic E-state index is 11.4. The van der Waals surface area contributed by atoms with Crippen molar-refractivity contribution in [3.8, 4) is 0 Å². The van der Waals surface area contributed by atoms with Gasteiger partial charge in [-0.15, -0.1) is 11.6 Å². The van der Waals surface area contributed by atoms with E-state index in [0.29, 0.717) is 12.4 Å². The second-order valence-corrected chi connectivity index (χ2v) is 5.80. The average Bonchev–Trinajstić information content (AvgIpc) is 2.12. The summed E-state index contributed by atoms with van der Waals surface area (Å²) in [5, 5.41) is 0. The van der Waals surface area contributed by atoms with Gasteiger partial charge in [-0.3, -0.25) is 0 Å². The summed E-state index contributed by atoms with van der Waals surface area (Å²) >= 11 is 5.55. The van der Waals surface area contributed by atoms with Crippen LogP contribution in [0.4, 0.5) is 0 Å². The van der Waals surface area contributed by atoms with E-state index in [4.69, 9.17) is 11.6 Å². The fourth-order valence-corrected chi connectivity index (χ4v) is 2.76. The Hall–Kier alpha value is 0.200. The molecule has 0 fully saturated rings. The summed E-state index contributed by atoms with van der Waals surface area (Å²) in [6.07, 6.45) is 3.07. The second kappa shape index (κ2) is 7.49. The van der Waals surface area contributed by atoms with E-state index in [1.54, 1.807) is 0 Å². The first-order valence-electron chi connectivity index (χ1n) is 5.05. The Morgan fingerprint density at radius 3 is 2.50 bits per heavy atom. The third-order valence-corrected chi connectivity index (χ3v) is 4.05. The van der Waals surface area contributed by atoms with Crippen LogP contribution in [0.25, 0.3) is 0 Å². The van der Waals surface area contributed by atoms with Crippen molar-refractivity contribution < 1.29 is 8.42 Å². The largest absolute Gasteiger partial charge is 0.215 e. The van der Waals surface area contributed by atoms with E-state index in [9.17, 15) is 8.42 Å². The van der Waals surface area contributed by atoms with Crippen molar-refractivity contribution in [1.82, 2.24) is 4.72 Å². The number of alkyl halides is 1. The molecule has 0 rings (SSSR count). The van der Waals surface area contributed by atoms with Crippen LogP contribution in [0.15, 0.2) is 0 Å². The summed E-state index contributed by atoms with van der Waals surface area (Å²) in [4.78, 5) is 0. The molecule has 0 radical (unpaired) electrons. The Balaban J connectivity index is 3.73. The Labute approximate surface area is 92.3 Å². The normalized spacial score (nSPS) is 14.2. The van der Waals surface area contributed by atoms with Gasteiger partial charge in [-0.25, -0.2) is 13.1 Å². The van der Waals surface area contributed by atoms with Gasteiger partial charge in [0.25, 0.3) is 0 Å². The highest BCUT2D eigenvalue weighted by atomic mass is 35.5. The molecule has 0 aromatic rings. The number of sulfonamides is 1. The Morgan fingerprint density at radius 1 is 1.36 bits per heavy atom. The van der Waals surface area contributed by atoms with Crippen molar-refractivity contribution in [2.24, 2.45) is 5.92 Å². The van der Waals surface area contributed by atoms with Crippen LogP contribution in [-0.2, 0) is 10.0 Å². The molecule has 0 amide bonds. The van der Waals surface area contributed by atoms with Crippen LogP contribution in [0.2, 0.25) is 0 Å². The van der Waals surface area contributed by atoms with E-state index in [1.165, 1.54) is 0 Å². The summed E-state index contributed by atoms with van der Waals surface area (Å²) in [6.45, 7) is 4.47. The maximum atomic E-state index is 11.4. The van der Waals surface area contributed by atoms with E-state index in [-0.39, 0.29) is 11.7 Å². The lowest BCUT2D eigenvalue weighted by Gasteiger charge is -2.09. The molecule has 0 saturated heterocycles.